The zero-order chi connectivity index (χ0) is 32.7. The van der Waals surface area contributed by atoms with Crippen molar-refractivity contribution in [1.82, 2.24) is 0 Å². The second-order valence-electron chi connectivity index (χ2n) is 9.11. The Kier molecular flexibility index (Phi) is 8.57. The van der Waals surface area contributed by atoms with Crippen molar-refractivity contribution in [3.8, 4) is 0 Å². The zero-order valence-corrected chi connectivity index (χ0v) is 18.4. The lowest BCUT2D eigenvalue weighted by atomic mass is 9.81. The van der Waals surface area contributed by atoms with Crippen LogP contribution >= 0.6 is 0 Å². The highest BCUT2D eigenvalue weighted by Crippen LogP contribution is 2.67. The summed E-state index contributed by atoms with van der Waals surface area (Å²) in [6, 6.07) is 0. The maximum Gasteiger partial charge on any atom is 0.460 e. The van der Waals surface area contributed by atoms with Gasteiger partial charge in [0, 0.05) is 6.42 Å². The van der Waals surface area contributed by atoms with Crippen LogP contribution in [0.2, 0.25) is 0 Å². The average Bonchev–Trinajstić information content (AvgIpc) is 2.63. The molecule has 0 amide bonds. The Morgan fingerprint density at radius 3 is 0.641 bits per heavy atom. The maximum absolute atomic E-state index is 13.7. The van der Waals surface area contributed by atoms with E-state index >= 15 is 0 Å². The summed E-state index contributed by atoms with van der Waals surface area (Å²) in [5.74, 6) is -87.0. The Balaban J connectivity index is 7.21. The van der Waals surface area contributed by atoms with Crippen LogP contribution in [0.3, 0.4) is 0 Å². The number of halogens is 23. The van der Waals surface area contributed by atoms with Gasteiger partial charge in [-0.25, -0.2) is 0 Å². The van der Waals surface area contributed by atoms with E-state index in [4.69, 9.17) is 0 Å². The Hall–Kier alpha value is -1.61. The van der Waals surface area contributed by atoms with Gasteiger partial charge in [-0.2, -0.15) is 101 Å². The third-order valence-electron chi connectivity index (χ3n) is 4.72. The van der Waals surface area contributed by atoms with E-state index in [9.17, 15) is 101 Å². The Labute approximate surface area is 200 Å². The predicted octanol–water partition coefficient (Wildman–Crippen LogP) is 9.34. The van der Waals surface area contributed by atoms with Crippen molar-refractivity contribution < 1.29 is 101 Å². The van der Waals surface area contributed by atoms with E-state index in [1.54, 1.807) is 0 Å². The van der Waals surface area contributed by atoms with Gasteiger partial charge in [0.15, 0.2) is 0 Å². The minimum Gasteiger partial charge on any atom is -0.200 e. The maximum atomic E-state index is 13.7. The van der Waals surface area contributed by atoms with E-state index in [0.29, 0.717) is 20.8 Å². The van der Waals surface area contributed by atoms with E-state index in [0.717, 1.165) is 0 Å². The highest BCUT2D eigenvalue weighted by atomic mass is 19.4. The molecule has 0 aliphatic heterocycles. The molecule has 0 nitrogen and oxygen atoms in total. The van der Waals surface area contributed by atoms with Crippen LogP contribution in [0.25, 0.3) is 0 Å². The van der Waals surface area contributed by atoms with Gasteiger partial charge < -0.3 is 0 Å². The first-order valence-corrected chi connectivity index (χ1v) is 9.05. The Morgan fingerprint density at radius 2 is 0.462 bits per heavy atom. The first kappa shape index (κ1) is 37.4. The molecule has 0 radical (unpaired) electrons. The zero-order valence-electron chi connectivity index (χ0n) is 18.4. The molecule has 0 bridgehead atoms. The van der Waals surface area contributed by atoms with Crippen LogP contribution in [0, 0.1) is 5.41 Å². The number of alkyl halides is 23. The molecule has 0 heterocycles. The van der Waals surface area contributed by atoms with E-state index in [-0.39, 0.29) is 0 Å². The van der Waals surface area contributed by atoms with Gasteiger partial charge >= 0.3 is 65.4 Å². The molecule has 39 heavy (non-hydrogen) atoms. The number of rotatable bonds is 10. The largest absolute Gasteiger partial charge is 0.460 e. The molecule has 0 N–H and O–H groups in total. The van der Waals surface area contributed by atoms with Crippen LogP contribution in [0.15, 0.2) is 0 Å². The van der Waals surface area contributed by atoms with Crippen LogP contribution in [0.1, 0.15) is 27.2 Å². The molecule has 0 saturated carbocycles. The van der Waals surface area contributed by atoms with Crippen LogP contribution in [0.5, 0.6) is 0 Å². The molecule has 0 unspecified atom stereocenters. The molecule has 0 aliphatic rings. The summed E-state index contributed by atoms with van der Waals surface area (Å²) in [7, 11) is 0. The summed E-state index contributed by atoms with van der Waals surface area (Å²) < 4.78 is 305. The third kappa shape index (κ3) is 4.83. The lowest BCUT2D eigenvalue weighted by Gasteiger charge is -2.45. The average molecular weight is 640 g/mol. The van der Waals surface area contributed by atoms with Crippen molar-refractivity contribution in [3.05, 3.63) is 0 Å². The summed E-state index contributed by atoms with van der Waals surface area (Å²) >= 11 is 0. The quantitative estimate of drug-likeness (QED) is 0.209. The third-order valence-corrected chi connectivity index (χ3v) is 4.72. The highest BCUT2D eigenvalue weighted by Gasteiger charge is 2.98. The van der Waals surface area contributed by atoms with Gasteiger partial charge in [0.1, 0.15) is 0 Å². The van der Waals surface area contributed by atoms with Gasteiger partial charge in [-0.15, -0.1) is 0 Å². The fourth-order valence-electron chi connectivity index (χ4n) is 2.56. The molecule has 236 valence electrons. The molecule has 0 aromatic rings. The summed E-state index contributed by atoms with van der Waals surface area (Å²) in [6.07, 6.45) is -10.8. The molecule has 0 rings (SSSR count). The molecule has 0 fully saturated rings. The van der Waals surface area contributed by atoms with Gasteiger partial charge in [-0.3, -0.25) is 0 Å². The lowest BCUT2D eigenvalue weighted by molar-refractivity contribution is -0.478. The molecule has 0 saturated heterocycles. The van der Waals surface area contributed by atoms with Gasteiger partial charge in [-0.05, 0) is 5.41 Å². The van der Waals surface area contributed by atoms with Gasteiger partial charge in [0.25, 0.3) is 0 Å². The summed E-state index contributed by atoms with van der Waals surface area (Å²) in [5.41, 5.74) is -2.31. The van der Waals surface area contributed by atoms with Crippen molar-refractivity contribution in [2.24, 2.45) is 5.41 Å². The minimum absolute atomic E-state index is 0.496. The van der Waals surface area contributed by atoms with Crippen LogP contribution in [-0.2, 0) is 0 Å². The SMILES string of the molecule is CC(C)(C)CC(F)(F)C(F)(F)C(F)(F)C(F)(F)C(F)(F)C(F)(F)C(F)(F)C(F)(F)C(F)(F)C(F)(F)C(F)(F)F. The number of hydrogen-bond donors (Lipinski definition) is 0. The topological polar surface area (TPSA) is 0 Å². The number of hydrogen-bond acceptors (Lipinski definition) is 0. The molecule has 23 heteroatoms. The fraction of sp³-hybridized carbons (Fsp3) is 1.00. The smallest absolute Gasteiger partial charge is 0.200 e. The van der Waals surface area contributed by atoms with E-state index in [2.05, 4.69) is 0 Å². The summed E-state index contributed by atoms with van der Waals surface area (Å²) in [5, 5.41) is 0. The van der Waals surface area contributed by atoms with E-state index in [1.807, 2.05) is 0 Å². The molecule has 0 aromatic heterocycles. The van der Waals surface area contributed by atoms with E-state index in [1.165, 1.54) is 0 Å². The van der Waals surface area contributed by atoms with Crippen molar-refractivity contribution in [2.75, 3.05) is 0 Å². The normalized spacial score (nSPS) is 17.1. The lowest BCUT2D eigenvalue weighted by Crippen LogP contribution is -2.77. The molecule has 0 aliphatic carbocycles. The van der Waals surface area contributed by atoms with E-state index < -0.39 is 77.2 Å². The van der Waals surface area contributed by atoms with Crippen molar-refractivity contribution in [1.29, 1.82) is 0 Å². The van der Waals surface area contributed by atoms with Gasteiger partial charge in [0.05, 0.1) is 0 Å². The Bertz CT molecular complexity index is 883. The van der Waals surface area contributed by atoms with Crippen molar-refractivity contribution in [2.45, 2.75) is 92.6 Å². The summed E-state index contributed by atoms with van der Waals surface area (Å²) in [4.78, 5) is 0. The van der Waals surface area contributed by atoms with Gasteiger partial charge in [0.2, 0.25) is 0 Å². The minimum atomic E-state index is -9.36. The standard InChI is InChI=1S/C16H11F23/c1-5(2,3)4-6(17,18)7(19,20)8(21,22)9(23,24)10(25,26)11(27,28)12(29,30)13(31,32)14(33,34)15(35,36)16(37,38)39/h4H2,1-3H3. The second-order valence-corrected chi connectivity index (χ2v) is 9.11. The highest BCUT2D eigenvalue weighted by molar-refractivity contribution is 5.19. The molecule has 0 aromatic carbocycles. The Morgan fingerprint density at radius 1 is 0.282 bits per heavy atom. The second kappa shape index (κ2) is 8.94. The monoisotopic (exact) mass is 640 g/mol. The van der Waals surface area contributed by atoms with Crippen LogP contribution in [-0.4, -0.2) is 65.4 Å². The van der Waals surface area contributed by atoms with Crippen LogP contribution in [0.4, 0.5) is 101 Å². The molecule has 0 atom stereocenters. The molecule has 0 spiro atoms. The molecular formula is C16H11F23. The summed E-state index contributed by atoms with van der Waals surface area (Å²) in [6.45, 7) is 1.49. The van der Waals surface area contributed by atoms with Crippen molar-refractivity contribution in [3.63, 3.8) is 0 Å². The first-order valence-electron chi connectivity index (χ1n) is 9.05. The predicted molar refractivity (Wildman–Crippen MR) is 79.6 cm³/mol. The fourth-order valence-corrected chi connectivity index (χ4v) is 2.56. The van der Waals surface area contributed by atoms with Gasteiger partial charge in [-0.1, -0.05) is 20.8 Å². The van der Waals surface area contributed by atoms with Crippen LogP contribution < -0.4 is 0 Å². The van der Waals surface area contributed by atoms with Crippen molar-refractivity contribution >= 4 is 0 Å². The molecular weight excluding hydrogens is 629 g/mol. The first-order chi connectivity index (χ1) is 16.2.